The number of ether oxygens (including phenoxy) is 1. The predicted octanol–water partition coefficient (Wildman–Crippen LogP) is 6.29. The Morgan fingerprint density at radius 1 is 1.06 bits per heavy atom. The van der Waals surface area contributed by atoms with E-state index in [0.717, 1.165) is 37.7 Å². The molecule has 0 unspecified atom stereocenters. The molecule has 0 spiro atoms. The van der Waals surface area contributed by atoms with Gasteiger partial charge in [0.05, 0.1) is 24.7 Å². The summed E-state index contributed by atoms with van der Waals surface area (Å²) in [4.78, 5) is 26.1. The highest BCUT2D eigenvalue weighted by atomic mass is 35.5. The van der Waals surface area contributed by atoms with Crippen LogP contribution >= 0.6 is 34.8 Å². The summed E-state index contributed by atoms with van der Waals surface area (Å²) in [6.45, 7) is 0.315. The van der Waals surface area contributed by atoms with Gasteiger partial charge in [-0.2, -0.15) is 0 Å². The van der Waals surface area contributed by atoms with E-state index in [2.05, 4.69) is 5.32 Å². The number of methoxy groups -OCH3 is 1. The Morgan fingerprint density at radius 2 is 1.81 bits per heavy atom. The summed E-state index contributed by atoms with van der Waals surface area (Å²) in [7, 11) is 1.55. The van der Waals surface area contributed by atoms with Gasteiger partial charge in [-0.3, -0.25) is 9.59 Å². The Labute approximate surface area is 201 Å². The van der Waals surface area contributed by atoms with Gasteiger partial charge >= 0.3 is 0 Å². The molecule has 0 bridgehead atoms. The number of nitrogens with one attached hydrogen (secondary N) is 1. The highest BCUT2D eigenvalue weighted by Crippen LogP contribution is 2.35. The summed E-state index contributed by atoms with van der Waals surface area (Å²) in [5.74, 6) is -0.720. The zero-order valence-electron chi connectivity index (χ0n) is 17.6. The number of fused-ring (bicyclic) bond motifs is 1. The molecule has 1 amide bonds. The van der Waals surface area contributed by atoms with Crippen molar-refractivity contribution >= 4 is 57.4 Å². The van der Waals surface area contributed by atoms with Crippen LogP contribution in [0.4, 0.5) is 0 Å². The Balaban J connectivity index is 1.74. The lowest BCUT2D eigenvalue weighted by molar-refractivity contribution is -0.117. The molecule has 1 aliphatic carbocycles. The Bertz CT molecular complexity index is 1180. The molecule has 0 aliphatic heterocycles. The largest absolute Gasteiger partial charge is 0.497 e. The fraction of sp³-hybridized carbons (Fsp3) is 0.333. The number of rotatable bonds is 6. The van der Waals surface area contributed by atoms with Crippen LogP contribution in [0.15, 0.2) is 36.4 Å². The van der Waals surface area contributed by atoms with E-state index in [1.165, 1.54) is 0 Å². The topological polar surface area (TPSA) is 60.3 Å². The molecule has 0 atom stereocenters. The number of aromatic nitrogens is 1. The molecule has 2 aromatic carbocycles. The minimum absolute atomic E-state index is 0.0229. The van der Waals surface area contributed by atoms with Crippen molar-refractivity contribution in [3.8, 4) is 5.75 Å². The first-order chi connectivity index (χ1) is 15.4. The first kappa shape index (κ1) is 23.0. The summed E-state index contributed by atoms with van der Waals surface area (Å²) < 4.78 is 7.11. The monoisotopic (exact) mass is 492 g/mol. The van der Waals surface area contributed by atoms with Gasteiger partial charge in [-0.15, -0.1) is 0 Å². The normalized spacial score (nSPS) is 14.5. The van der Waals surface area contributed by atoms with Gasteiger partial charge in [0.15, 0.2) is 0 Å². The predicted molar refractivity (Wildman–Crippen MR) is 128 cm³/mol. The molecule has 1 fully saturated rings. The van der Waals surface area contributed by atoms with Crippen LogP contribution in [0.3, 0.4) is 0 Å². The van der Waals surface area contributed by atoms with E-state index < -0.39 is 11.7 Å². The van der Waals surface area contributed by atoms with Crippen molar-refractivity contribution in [2.24, 2.45) is 0 Å². The molecule has 4 rings (SSSR count). The first-order valence-electron chi connectivity index (χ1n) is 10.5. The van der Waals surface area contributed by atoms with E-state index in [4.69, 9.17) is 39.5 Å². The minimum Gasteiger partial charge on any atom is -0.497 e. The highest BCUT2D eigenvalue weighted by Gasteiger charge is 2.28. The van der Waals surface area contributed by atoms with Crippen molar-refractivity contribution in [2.75, 3.05) is 7.11 Å². The van der Waals surface area contributed by atoms with Gasteiger partial charge in [0, 0.05) is 21.5 Å². The Kier molecular flexibility index (Phi) is 6.99. The van der Waals surface area contributed by atoms with Gasteiger partial charge < -0.3 is 14.6 Å². The summed E-state index contributed by atoms with van der Waals surface area (Å²) >= 11 is 19.1. The van der Waals surface area contributed by atoms with Gasteiger partial charge in [0.2, 0.25) is 0 Å². The second-order valence-electron chi connectivity index (χ2n) is 8.01. The zero-order chi connectivity index (χ0) is 22.8. The van der Waals surface area contributed by atoms with E-state index in [1.807, 2.05) is 12.1 Å². The van der Waals surface area contributed by atoms with Crippen molar-refractivity contribution in [1.82, 2.24) is 9.88 Å². The molecule has 1 aromatic heterocycles. The molecule has 1 aliphatic rings. The molecular formula is C24H23Cl3N2O3. The van der Waals surface area contributed by atoms with Crippen LogP contribution in [0.5, 0.6) is 5.75 Å². The van der Waals surface area contributed by atoms with Gasteiger partial charge in [-0.05, 0) is 48.7 Å². The van der Waals surface area contributed by atoms with Crippen molar-refractivity contribution in [2.45, 2.75) is 44.7 Å². The van der Waals surface area contributed by atoms with Gasteiger partial charge in [-0.25, -0.2) is 0 Å². The number of ketones is 1. The van der Waals surface area contributed by atoms with Gasteiger partial charge in [0.1, 0.15) is 10.9 Å². The average molecular weight is 494 g/mol. The molecule has 3 aromatic rings. The fourth-order valence-electron chi connectivity index (χ4n) is 4.23. The lowest BCUT2D eigenvalue weighted by Gasteiger charge is -2.22. The fourth-order valence-corrected chi connectivity index (χ4v) is 5.04. The number of amides is 1. The maximum Gasteiger partial charge on any atom is 0.292 e. The van der Waals surface area contributed by atoms with E-state index in [1.54, 1.807) is 35.9 Å². The first-order valence-corrected chi connectivity index (χ1v) is 11.7. The number of halogens is 3. The summed E-state index contributed by atoms with van der Waals surface area (Å²) in [5.41, 5.74) is 1.66. The summed E-state index contributed by atoms with van der Waals surface area (Å²) in [5, 5.41) is 4.65. The molecule has 1 N–H and O–H groups in total. The van der Waals surface area contributed by atoms with E-state index in [9.17, 15) is 9.59 Å². The second-order valence-corrected chi connectivity index (χ2v) is 9.21. The van der Waals surface area contributed by atoms with Crippen molar-refractivity contribution < 1.29 is 14.3 Å². The maximum absolute atomic E-state index is 13.2. The number of benzene rings is 2. The lowest BCUT2D eigenvalue weighted by Crippen LogP contribution is -2.40. The molecular weight excluding hydrogens is 471 g/mol. The number of nitrogens with zero attached hydrogens (tertiary/aromatic N) is 1. The third-order valence-corrected chi connectivity index (χ3v) is 6.90. The third-order valence-electron chi connectivity index (χ3n) is 5.92. The summed E-state index contributed by atoms with van der Waals surface area (Å²) in [6, 6.07) is 10.6. The molecule has 168 valence electrons. The molecule has 1 saturated carbocycles. The Hall–Kier alpha value is -2.21. The third kappa shape index (κ3) is 4.61. The van der Waals surface area contributed by atoms with Crippen LogP contribution < -0.4 is 10.1 Å². The van der Waals surface area contributed by atoms with Gasteiger partial charge in [0.25, 0.3) is 11.7 Å². The van der Waals surface area contributed by atoms with Crippen LogP contribution in [0.1, 0.15) is 48.0 Å². The number of carbonyl (C=O) groups is 2. The standard InChI is InChI=1S/C24H23Cl3N2O3/c1-32-17-9-10-20-18(12-17)21(22(30)24(31)28-16-5-3-2-4-6-16)23(27)29(20)13-14-7-8-15(25)11-19(14)26/h7-12,16H,2-6,13H2,1H3,(H,28,31). The number of Topliss-reactive ketones (excluding diaryl/α,β-unsaturated/α-hetero) is 1. The van der Waals surface area contributed by atoms with Crippen LogP contribution in [0.2, 0.25) is 15.2 Å². The number of hydrogen-bond acceptors (Lipinski definition) is 3. The van der Waals surface area contributed by atoms with E-state index in [0.29, 0.717) is 33.2 Å². The summed E-state index contributed by atoms with van der Waals surface area (Å²) in [6.07, 6.45) is 5.04. The van der Waals surface area contributed by atoms with E-state index >= 15 is 0 Å². The SMILES string of the molecule is COc1ccc2c(c1)c(C(=O)C(=O)NC1CCCCC1)c(Cl)n2Cc1ccc(Cl)cc1Cl. The van der Waals surface area contributed by atoms with Crippen LogP contribution in [0, 0.1) is 0 Å². The quantitative estimate of drug-likeness (QED) is 0.324. The van der Waals surface area contributed by atoms with Gasteiger partial charge in [-0.1, -0.05) is 60.1 Å². The molecule has 5 nitrogen and oxygen atoms in total. The molecule has 32 heavy (non-hydrogen) atoms. The molecule has 0 radical (unpaired) electrons. The average Bonchev–Trinajstić information content (AvgIpc) is 3.06. The number of hydrogen-bond donors (Lipinski definition) is 1. The zero-order valence-corrected chi connectivity index (χ0v) is 19.9. The van der Waals surface area contributed by atoms with Crippen LogP contribution in [0.25, 0.3) is 10.9 Å². The molecule has 0 saturated heterocycles. The van der Waals surface area contributed by atoms with Crippen LogP contribution in [-0.2, 0) is 11.3 Å². The van der Waals surface area contributed by atoms with Crippen molar-refractivity contribution in [3.63, 3.8) is 0 Å². The smallest absolute Gasteiger partial charge is 0.292 e. The lowest BCUT2D eigenvalue weighted by atomic mass is 9.95. The van der Waals surface area contributed by atoms with E-state index in [-0.39, 0.29) is 16.8 Å². The Morgan fingerprint density at radius 3 is 2.50 bits per heavy atom. The van der Waals surface area contributed by atoms with Crippen molar-refractivity contribution in [1.29, 1.82) is 0 Å². The van der Waals surface area contributed by atoms with Crippen LogP contribution in [-0.4, -0.2) is 29.4 Å². The number of carbonyl (C=O) groups excluding carboxylic acids is 2. The second kappa shape index (κ2) is 9.74. The maximum atomic E-state index is 13.2. The molecule has 1 heterocycles. The highest BCUT2D eigenvalue weighted by molar-refractivity contribution is 6.49. The van der Waals surface area contributed by atoms with Crippen molar-refractivity contribution in [3.05, 3.63) is 62.7 Å². The minimum atomic E-state index is -0.653. The molecule has 8 heteroatoms.